The van der Waals surface area contributed by atoms with Crippen molar-refractivity contribution in [1.29, 1.82) is 0 Å². The van der Waals surface area contributed by atoms with Gasteiger partial charge >= 0.3 is 5.97 Å². The number of nitrogens with zero attached hydrogens (tertiary/aromatic N) is 1. The number of para-hydroxylation sites is 1. The first kappa shape index (κ1) is 23.5. The van der Waals surface area contributed by atoms with Crippen molar-refractivity contribution < 1.29 is 14.3 Å². The summed E-state index contributed by atoms with van der Waals surface area (Å²) < 4.78 is 5.36. The number of pyridine rings is 1. The maximum atomic E-state index is 13.0. The number of hydrogen-bond donors (Lipinski definition) is 1. The summed E-state index contributed by atoms with van der Waals surface area (Å²) in [6.45, 7) is 1.76. The fourth-order valence-corrected chi connectivity index (χ4v) is 3.93. The first-order valence-corrected chi connectivity index (χ1v) is 11.6. The Bertz CT molecular complexity index is 1320. The van der Waals surface area contributed by atoms with Crippen molar-refractivity contribution in [2.24, 2.45) is 0 Å². The Balaban J connectivity index is 1.48. The number of esters is 1. The lowest BCUT2D eigenvalue weighted by Crippen LogP contribution is -2.21. The van der Waals surface area contributed by atoms with Gasteiger partial charge in [0.1, 0.15) is 0 Å². The van der Waals surface area contributed by atoms with Crippen LogP contribution in [-0.2, 0) is 16.0 Å². The van der Waals surface area contributed by atoms with Gasteiger partial charge in [-0.1, -0.05) is 73.5 Å². The van der Waals surface area contributed by atoms with Crippen molar-refractivity contribution in [1.82, 2.24) is 4.98 Å². The summed E-state index contributed by atoms with van der Waals surface area (Å²) >= 11 is 6.35. The summed E-state index contributed by atoms with van der Waals surface area (Å²) in [6.07, 6.45) is 3.28. The standard InChI is InChI=1S/C28H25ClN2O3/c1-2-3-8-19-13-15-20(16-14-19)30-27(32)18-34-28(33)23-17-26(22-10-4-6-11-24(22)29)31-25-12-7-5-9-21(23)25/h4-7,9-17H,2-3,8,18H2,1H3,(H,30,32). The summed E-state index contributed by atoms with van der Waals surface area (Å²) in [5, 5.41) is 3.94. The van der Waals surface area contributed by atoms with Gasteiger partial charge in [-0.3, -0.25) is 4.79 Å². The van der Waals surface area contributed by atoms with Gasteiger partial charge in [-0.15, -0.1) is 0 Å². The van der Waals surface area contributed by atoms with Gasteiger partial charge in [0.15, 0.2) is 6.61 Å². The molecule has 0 unspecified atom stereocenters. The zero-order valence-electron chi connectivity index (χ0n) is 18.9. The molecule has 0 fully saturated rings. The van der Waals surface area contributed by atoms with Crippen LogP contribution in [0, 0.1) is 0 Å². The fraction of sp³-hybridized carbons (Fsp3) is 0.179. The quantitative estimate of drug-likeness (QED) is 0.290. The maximum absolute atomic E-state index is 13.0. The monoisotopic (exact) mass is 472 g/mol. The minimum atomic E-state index is -0.600. The predicted octanol–water partition coefficient (Wildman–Crippen LogP) is 6.69. The van der Waals surface area contributed by atoms with Crippen LogP contribution in [0.5, 0.6) is 0 Å². The van der Waals surface area contributed by atoms with Crippen LogP contribution >= 0.6 is 11.6 Å². The Hall–Kier alpha value is -3.70. The molecular formula is C28H25ClN2O3. The number of anilines is 1. The molecule has 6 heteroatoms. The van der Waals surface area contributed by atoms with E-state index >= 15 is 0 Å². The predicted molar refractivity (Wildman–Crippen MR) is 136 cm³/mol. The number of ether oxygens (including phenoxy) is 1. The highest BCUT2D eigenvalue weighted by Crippen LogP contribution is 2.30. The number of aromatic nitrogens is 1. The lowest BCUT2D eigenvalue weighted by Gasteiger charge is -2.11. The molecule has 1 heterocycles. The number of nitrogens with one attached hydrogen (secondary N) is 1. The number of carbonyl (C=O) groups is 2. The van der Waals surface area contributed by atoms with Crippen LogP contribution < -0.4 is 5.32 Å². The van der Waals surface area contributed by atoms with E-state index in [2.05, 4.69) is 17.2 Å². The van der Waals surface area contributed by atoms with Crippen LogP contribution in [0.15, 0.2) is 78.9 Å². The summed E-state index contributed by atoms with van der Waals surface area (Å²) in [5.74, 6) is -1.00. The molecule has 1 amide bonds. The van der Waals surface area contributed by atoms with Gasteiger partial charge in [0.05, 0.1) is 16.8 Å². The summed E-state index contributed by atoms with van der Waals surface area (Å²) in [5.41, 5.74) is 4.13. The highest BCUT2D eigenvalue weighted by molar-refractivity contribution is 6.33. The molecule has 0 bridgehead atoms. The van der Waals surface area contributed by atoms with Crippen LogP contribution in [0.25, 0.3) is 22.2 Å². The molecule has 0 spiro atoms. The van der Waals surface area contributed by atoms with Gasteiger partial charge in [-0.25, -0.2) is 9.78 Å². The minimum absolute atomic E-state index is 0.327. The Kier molecular flexibility index (Phi) is 7.55. The van der Waals surface area contributed by atoms with Crippen molar-refractivity contribution in [3.63, 3.8) is 0 Å². The van der Waals surface area contributed by atoms with E-state index in [1.165, 1.54) is 5.56 Å². The first-order chi connectivity index (χ1) is 16.5. The maximum Gasteiger partial charge on any atom is 0.339 e. The van der Waals surface area contributed by atoms with E-state index < -0.39 is 18.5 Å². The van der Waals surface area contributed by atoms with Crippen molar-refractivity contribution >= 4 is 40.1 Å². The van der Waals surface area contributed by atoms with E-state index in [0.717, 1.165) is 19.3 Å². The van der Waals surface area contributed by atoms with Crippen molar-refractivity contribution in [3.8, 4) is 11.3 Å². The number of benzene rings is 3. The van der Waals surface area contributed by atoms with Crippen LogP contribution in [-0.4, -0.2) is 23.5 Å². The lowest BCUT2D eigenvalue weighted by atomic mass is 10.0. The van der Waals surface area contributed by atoms with Crippen LogP contribution in [0.2, 0.25) is 5.02 Å². The average molecular weight is 473 g/mol. The topological polar surface area (TPSA) is 68.3 Å². The zero-order chi connectivity index (χ0) is 23.9. The minimum Gasteiger partial charge on any atom is -0.452 e. The summed E-state index contributed by atoms with van der Waals surface area (Å²) in [6, 6.07) is 24.0. The number of rotatable bonds is 8. The van der Waals surface area contributed by atoms with E-state index in [9.17, 15) is 9.59 Å². The molecule has 0 atom stereocenters. The third-order valence-electron chi connectivity index (χ3n) is 5.48. The van der Waals surface area contributed by atoms with E-state index in [-0.39, 0.29) is 0 Å². The first-order valence-electron chi connectivity index (χ1n) is 11.3. The normalized spacial score (nSPS) is 10.8. The van der Waals surface area contributed by atoms with Crippen LogP contribution in [0.4, 0.5) is 5.69 Å². The second kappa shape index (κ2) is 10.9. The Morgan fingerprint density at radius 1 is 0.971 bits per heavy atom. The highest BCUT2D eigenvalue weighted by atomic mass is 35.5. The Morgan fingerprint density at radius 2 is 1.71 bits per heavy atom. The SMILES string of the molecule is CCCCc1ccc(NC(=O)COC(=O)c2cc(-c3ccccc3Cl)nc3ccccc23)cc1. The number of carbonyl (C=O) groups excluding carboxylic acids is 2. The molecule has 3 aromatic carbocycles. The summed E-state index contributed by atoms with van der Waals surface area (Å²) in [4.78, 5) is 30.0. The number of fused-ring (bicyclic) bond motifs is 1. The number of amides is 1. The van der Waals surface area contributed by atoms with Gasteiger partial charge in [0, 0.05) is 21.7 Å². The van der Waals surface area contributed by atoms with E-state index in [1.807, 2.05) is 60.7 Å². The molecule has 172 valence electrons. The molecule has 0 radical (unpaired) electrons. The smallest absolute Gasteiger partial charge is 0.339 e. The third kappa shape index (κ3) is 5.61. The number of aryl methyl sites for hydroxylation is 1. The fourth-order valence-electron chi connectivity index (χ4n) is 3.69. The van der Waals surface area contributed by atoms with Crippen molar-refractivity contribution in [3.05, 3.63) is 95.0 Å². The second-order valence-electron chi connectivity index (χ2n) is 7.98. The number of hydrogen-bond acceptors (Lipinski definition) is 4. The van der Waals surface area contributed by atoms with Crippen LogP contribution in [0.3, 0.4) is 0 Å². The van der Waals surface area contributed by atoms with Gasteiger partial charge < -0.3 is 10.1 Å². The molecule has 4 aromatic rings. The third-order valence-corrected chi connectivity index (χ3v) is 5.81. The van der Waals surface area contributed by atoms with E-state index in [4.69, 9.17) is 16.3 Å². The van der Waals surface area contributed by atoms with Gasteiger partial charge in [0.25, 0.3) is 5.91 Å². The largest absolute Gasteiger partial charge is 0.452 e. The molecule has 5 nitrogen and oxygen atoms in total. The number of unbranched alkanes of at least 4 members (excludes halogenated alkanes) is 1. The molecule has 1 N–H and O–H groups in total. The molecule has 0 saturated heterocycles. The Labute approximate surface area is 203 Å². The molecule has 0 saturated carbocycles. The zero-order valence-corrected chi connectivity index (χ0v) is 19.6. The molecule has 34 heavy (non-hydrogen) atoms. The van der Waals surface area contributed by atoms with E-state index in [1.54, 1.807) is 18.2 Å². The average Bonchev–Trinajstić information content (AvgIpc) is 2.86. The van der Waals surface area contributed by atoms with Gasteiger partial charge in [0.2, 0.25) is 0 Å². The van der Waals surface area contributed by atoms with Crippen molar-refractivity contribution in [2.45, 2.75) is 26.2 Å². The van der Waals surface area contributed by atoms with Crippen molar-refractivity contribution in [2.75, 3.05) is 11.9 Å². The molecule has 0 aliphatic rings. The summed E-state index contributed by atoms with van der Waals surface area (Å²) in [7, 11) is 0. The molecule has 0 aliphatic heterocycles. The van der Waals surface area contributed by atoms with Crippen LogP contribution in [0.1, 0.15) is 35.7 Å². The Morgan fingerprint density at radius 3 is 2.47 bits per heavy atom. The molecular weight excluding hydrogens is 448 g/mol. The van der Waals surface area contributed by atoms with Gasteiger partial charge in [-0.2, -0.15) is 0 Å². The number of halogens is 1. The second-order valence-corrected chi connectivity index (χ2v) is 8.38. The highest BCUT2D eigenvalue weighted by Gasteiger charge is 2.17. The lowest BCUT2D eigenvalue weighted by molar-refractivity contribution is -0.119. The molecule has 4 rings (SSSR count). The molecule has 1 aromatic heterocycles. The van der Waals surface area contributed by atoms with E-state index in [0.29, 0.717) is 38.4 Å². The molecule has 0 aliphatic carbocycles. The van der Waals surface area contributed by atoms with Gasteiger partial charge in [-0.05, 0) is 48.7 Å².